The molecule has 2 rings (SSSR count). The third-order valence-corrected chi connectivity index (χ3v) is 13.0. The van der Waals surface area contributed by atoms with E-state index in [0.717, 1.165) is 51.4 Å². The monoisotopic (exact) mass is 963 g/mol. The number of aliphatic hydroxyl groups excluding tert-OH is 5. The van der Waals surface area contributed by atoms with Gasteiger partial charge in [0, 0.05) is 6.42 Å². The van der Waals surface area contributed by atoms with Gasteiger partial charge < -0.3 is 53.8 Å². The van der Waals surface area contributed by atoms with Crippen molar-refractivity contribution in [3.05, 3.63) is 0 Å². The Hall–Kier alpha value is -0.510. The summed E-state index contributed by atoms with van der Waals surface area (Å²) < 4.78 is 68.2. The third-order valence-electron chi connectivity index (χ3n) is 12.5. The summed E-state index contributed by atoms with van der Waals surface area (Å²) in [6, 6.07) is 0. The van der Waals surface area contributed by atoms with Gasteiger partial charge in [0.2, 0.25) is 16.7 Å². The quantitative estimate of drug-likeness (QED) is 0.0192. The summed E-state index contributed by atoms with van der Waals surface area (Å²) in [4.78, 5) is 27.0. The van der Waals surface area contributed by atoms with E-state index in [-0.39, 0.29) is 36.0 Å². The van der Waals surface area contributed by atoms with Gasteiger partial charge in [-0.2, -0.15) is 0 Å². The maximum absolute atomic E-state index is 13.6. The molecule has 0 aliphatic carbocycles. The van der Waals surface area contributed by atoms with E-state index in [1.54, 1.807) is 6.92 Å². The summed E-state index contributed by atoms with van der Waals surface area (Å²) in [6.45, 7) is 4.42. The van der Waals surface area contributed by atoms with Crippen LogP contribution >= 0.6 is 0 Å². The van der Waals surface area contributed by atoms with Crippen LogP contribution in [0.25, 0.3) is 0 Å². The number of carbonyl (C=O) groups excluding carboxylic acids is 2. The molecule has 2 fully saturated rings. The Morgan fingerprint density at radius 1 is 0.554 bits per heavy atom. The first kappa shape index (κ1) is 62.5. The molecule has 0 spiro atoms. The van der Waals surface area contributed by atoms with E-state index in [9.17, 15) is 48.1 Å². The Morgan fingerprint density at radius 2 is 0.938 bits per heavy atom. The number of carbonyl (C=O) groups is 2. The molecule has 0 aromatic heterocycles. The van der Waals surface area contributed by atoms with Gasteiger partial charge in [0.25, 0.3) is 0 Å². The number of hydrogen-bond acceptors (Lipinski definition) is 16. The molecule has 0 aromatic rings. The summed E-state index contributed by atoms with van der Waals surface area (Å²) in [6.07, 6.45) is 13.1. The van der Waals surface area contributed by atoms with Crippen molar-refractivity contribution in [2.45, 2.75) is 268 Å². The van der Waals surface area contributed by atoms with Gasteiger partial charge >= 0.3 is 41.5 Å². The third kappa shape index (κ3) is 26.3. The van der Waals surface area contributed by atoms with E-state index in [0.29, 0.717) is 12.8 Å². The fourth-order valence-electron chi connectivity index (χ4n) is 8.46. The smallest absolute Gasteiger partial charge is 0.726 e. The molecule has 11 atom stereocenters. The Bertz CT molecular complexity index is 1310. The molecular formula is C47H87NaO16S. The fraction of sp³-hybridized carbons (Fsp3) is 0.957. The van der Waals surface area contributed by atoms with E-state index in [2.05, 4.69) is 18.0 Å². The maximum atomic E-state index is 13.6. The minimum Gasteiger partial charge on any atom is -0.726 e. The Balaban J connectivity index is 0.0000211. The number of unbranched alkanes of at least 4 members (excludes halogenated alkanes) is 25. The molecule has 0 saturated carbocycles. The first-order valence-electron chi connectivity index (χ1n) is 25.0. The van der Waals surface area contributed by atoms with Gasteiger partial charge in [0.15, 0.2) is 24.6 Å². The van der Waals surface area contributed by atoms with Crippen molar-refractivity contribution in [1.82, 2.24) is 0 Å². The molecule has 2 aliphatic rings. The zero-order valence-electron chi connectivity index (χ0n) is 40.4. The molecule has 2 aliphatic heterocycles. The summed E-state index contributed by atoms with van der Waals surface area (Å²) in [5.41, 5.74) is 0. The van der Waals surface area contributed by atoms with Gasteiger partial charge in [0.1, 0.15) is 30.5 Å². The second-order valence-corrected chi connectivity index (χ2v) is 19.2. The van der Waals surface area contributed by atoms with Crippen LogP contribution in [0.15, 0.2) is 0 Å². The Kier molecular flexibility index (Phi) is 35.9. The van der Waals surface area contributed by atoms with Crippen LogP contribution in [0.1, 0.15) is 207 Å². The Morgan fingerprint density at radius 3 is 1.35 bits per heavy atom. The second kappa shape index (κ2) is 37.3. The molecule has 65 heavy (non-hydrogen) atoms. The van der Waals surface area contributed by atoms with E-state index in [4.69, 9.17) is 23.7 Å². The van der Waals surface area contributed by atoms with Crippen molar-refractivity contribution in [1.29, 1.82) is 0 Å². The minimum absolute atomic E-state index is 0. The number of rotatable bonds is 38. The van der Waals surface area contributed by atoms with Crippen LogP contribution in [0.3, 0.4) is 0 Å². The number of ether oxygens (including phenoxy) is 5. The summed E-state index contributed by atoms with van der Waals surface area (Å²) in [5.74, 6) is -2.08. The Labute approximate surface area is 413 Å². The molecule has 0 radical (unpaired) electrons. The van der Waals surface area contributed by atoms with E-state index >= 15 is 0 Å². The first-order valence-corrected chi connectivity index (χ1v) is 26.4. The molecular weight excluding hydrogens is 876 g/mol. The molecule has 1 unspecified atom stereocenters. The van der Waals surface area contributed by atoms with Crippen LogP contribution in [0.4, 0.5) is 0 Å². The van der Waals surface area contributed by atoms with Crippen molar-refractivity contribution in [2.75, 3.05) is 13.2 Å². The van der Waals surface area contributed by atoms with Gasteiger partial charge in [0.05, 0.1) is 19.1 Å². The standard InChI is InChI=1S/C47H88O16S.Na/c1-4-6-8-10-12-14-16-18-20-21-23-25-27-29-31-35(3)45(54)61-42-40(52)37(34-49)59-47(62-46-43(63-64(55,56)57)41(53)39(51)36(33-48)58-46)44(42)60-38(50)32-30-28-26-24-22-19-17-15-13-11-9-7-5-2;/h35-37,39-44,46-49,51-53H,4-34H2,1-3H3,(H,55,56,57);/q;+1/p-1/t35?,36-,37-,39-,40-,41+,42+,43-,44-,46-,47-;/m1./s1. The van der Waals surface area contributed by atoms with Crippen molar-refractivity contribution in [3.8, 4) is 0 Å². The number of aliphatic hydroxyl groups is 5. The van der Waals surface area contributed by atoms with Crippen LogP contribution in [0.2, 0.25) is 0 Å². The molecule has 0 amide bonds. The maximum Gasteiger partial charge on any atom is 1.00 e. The molecule has 378 valence electrons. The van der Waals surface area contributed by atoms with Gasteiger partial charge in [-0.05, 0) is 12.8 Å². The number of esters is 2. The SMILES string of the molecule is CCCCCCCCCCCCCCCCC(C)C(=O)O[C@H]1[C@H](O)[C@@H](CO)O[C@H](O[C@H]2O[C@H](CO)[C@@H](O)[C@H](O)[C@H]2OS(=O)(=O)[O-])[C@@H]1OC(=O)CCCCCCCCCCCCCCC.[Na+]. The van der Waals surface area contributed by atoms with Gasteiger partial charge in [-0.1, -0.05) is 188 Å². The molecule has 5 N–H and O–H groups in total. The summed E-state index contributed by atoms with van der Waals surface area (Å²) in [7, 11) is -5.54. The van der Waals surface area contributed by atoms with E-state index in [1.807, 2.05) is 0 Å². The topological polar surface area (TPSA) is 248 Å². The van der Waals surface area contributed by atoms with Crippen LogP contribution in [-0.4, -0.2) is 125 Å². The van der Waals surface area contributed by atoms with Gasteiger partial charge in [-0.15, -0.1) is 0 Å². The predicted molar refractivity (Wildman–Crippen MR) is 239 cm³/mol. The molecule has 2 heterocycles. The molecule has 18 heteroatoms. The van der Waals surface area contributed by atoms with Crippen molar-refractivity contribution >= 4 is 22.3 Å². The average Bonchev–Trinajstić information content (AvgIpc) is 3.26. The van der Waals surface area contributed by atoms with Gasteiger partial charge in [-0.3, -0.25) is 13.8 Å². The van der Waals surface area contributed by atoms with Crippen LogP contribution in [0, 0.1) is 5.92 Å². The van der Waals surface area contributed by atoms with Crippen molar-refractivity contribution < 1.29 is 106 Å². The average molecular weight is 963 g/mol. The zero-order chi connectivity index (χ0) is 47.2. The second-order valence-electron chi connectivity index (χ2n) is 18.2. The minimum atomic E-state index is -5.54. The summed E-state index contributed by atoms with van der Waals surface area (Å²) in [5, 5.41) is 52.4. The van der Waals surface area contributed by atoms with Crippen LogP contribution < -0.4 is 29.6 Å². The molecule has 0 bridgehead atoms. The first-order chi connectivity index (χ1) is 30.8. The molecule has 2 saturated heterocycles. The molecule has 16 nitrogen and oxygen atoms in total. The van der Waals surface area contributed by atoms with E-state index in [1.165, 1.54) is 116 Å². The normalized spacial score (nSPS) is 26.4. The van der Waals surface area contributed by atoms with Crippen molar-refractivity contribution in [3.63, 3.8) is 0 Å². The van der Waals surface area contributed by atoms with Crippen molar-refractivity contribution in [2.24, 2.45) is 5.92 Å². The molecule has 0 aromatic carbocycles. The summed E-state index contributed by atoms with van der Waals surface area (Å²) >= 11 is 0. The van der Waals surface area contributed by atoms with E-state index < -0.39 is 103 Å². The van der Waals surface area contributed by atoms with Crippen LogP contribution in [0.5, 0.6) is 0 Å². The zero-order valence-corrected chi connectivity index (χ0v) is 43.2. The largest absolute Gasteiger partial charge is 1.00 e. The van der Waals surface area contributed by atoms with Gasteiger partial charge in [-0.25, -0.2) is 8.42 Å². The fourth-order valence-corrected chi connectivity index (χ4v) is 8.94. The van der Waals surface area contributed by atoms with Crippen LogP contribution in [-0.2, 0) is 47.9 Å². The predicted octanol–water partition coefficient (Wildman–Crippen LogP) is 4.18. The number of hydrogen-bond donors (Lipinski definition) is 5.